The van der Waals surface area contributed by atoms with Gasteiger partial charge in [-0.1, -0.05) is 30.3 Å². The quantitative estimate of drug-likeness (QED) is 0.521. The lowest BCUT2D eigenvalue weighted by Gasteiger charge is -2.07. The number of esters is 1. The summed E-state index contributed by atoms with van der Waals surface area (Å²) < 4.78 is 29.8. The molecular formula is C20H17NO5S. The molecule has 0 radical (unpaired) electrons. The van der Waals surface area contributed by atoms with Crippen molar-refractivity contribution in [2.24, 2.45) is 0 Å². The van der Waals surface area contributed by atoms with Crippen molar-refractivity contribution in [1.29, 1.82) is 0 Å². The number of hydrogen-bond donors (Lipinski definition) is 1. The van der Waals surface area contributed by atoms with Gasteiger partial charge in [0, 0.05) is 11.3 Å². The maximum atomic E-state index is 12.2. The van der Waals surface area contributed by atoms with E-state index in [-0.39, 0.29) is 5.78 Å². The number of carbonyl (C=O) groups is 2. The molecule has 0 saturated carbocycles. The molecule has 0 bridgehead atoms. The van der Waals surface area contributed by atoms with Crippen LogP contribution >= 0.6 is 0 Å². The highest BCUT2D eigenvalue weighted by molar-refractivity contribution is 7.92. The average molecular weight is 383 g/mol. The third-order valence-electron chi connectivity index (χ3n) is 3.83. The van der Waals surface area contributed by atoms with Crippen molar-refractivity contribution in [2.45, 2.75) is 0 Å². The van der Waals surface area contributed by atoms with Crippen LogP contribution in [0, 0.1) is 0 Å². The van der Waals surface area contributed by atoms with E-state index in [0.717, 1.165) is 17.0 Å². The second kappa shape index (κ2) is 7.59. The van der Waals surface area contributed by atoms with Gasteiger partial charge in [0.05, 0.1) is 11.8 Å². The SMILES string of the molecule is CS(=O)(=O)Nc1ccc(C(=O)COC(=O)c2ccc3ccccc3c2)cc1. The van der Waals surface area contributed by atoms with Gasteiger partial charge in [-0.05, 0) is 47.2 Å². The Labute approximate surface area is 156 Å². The fraction of sp³-hybridized carbons (Fsp3) is 0.100. The molecule has 0 unspecified atom stereocenters. The summed E-state index contributed by atoms with van der Waals surface area (Å²) in [6, 6.07) is 18.7. The van der Waals surface area contributed by atoms with E-state index >= 15 is 0 Å². The lowest BCUT2D eigenvalue weighted by atomic mass is 10.1. The van der Waals surface area contributed by atoms with Gasteiger partial charge in [-0.15, -0.1) is 0 Å². The van der Waals surface area contributed by atoms with Crippen molar-refractivity contribution in [3.8, 4) is 0 Å². The van der Waals surface area contributed by atoms with Crippen molar-refractivity contribution >= 4 is 38.2 Å². The molecule has 3 aromatic carbocycles. The average Bonchev–Trinajstić information content (AvgIpc) is 2.64. The Morgan fingerprint density at radius 3 is 2.19 bits per heavy atom. The van der Waals surface area contributed by atoms with Gasteiger partial charge < -0.3 is 4.74 Å². The Kier molecular flexibility index (Phi) is 5.23. The van der Waals surface area contributed by atoms with Gasteiger partial charge in [0.1, 0.15) is 0 Å². The first-order chi connectivity index (χ1) is 12.8. The minimum atomic E-state index is -3.38. The first-order valence-corrected chi connectivity index (χ1v) is 9.98. The highest BCUT2D eigenvalue weighted by atomic mass is 32.2. The predicted octanol–water partition coefficient (Wildman–Crippen LogP) is 3.25. The predicted molar refractivity (Wildman–Crippen MR) is 103 cm³/mol. The van der Waals surface area contributed by atoms with Crippen molar-refractivity contribution in [3.63, 3.8) is 0 Å². The molecule has 0 atom stereocenters. The highest BCUT2D eigenvalue weighted by Gasteiger charge is 2.13. The van der Waals surface area contributed by atoms with Crippen LogP contribution in [0.2, 0.25) is 0 Å². The van der Waals surface area contributed by atoms with E-state index in [4.69, 9.17) is 4.74 Å². The topological polar surface area (TPSA) is 89.5 Å². The minimum absolute atomic E-state index is 0.320. The standard InChI is InChI=1S/C20H17NO5S/c1-27(24,25)21-18-10-8-15(9-11-18)19(22)13-26-20(23)17-7-6-14-4-2-3-5-16(14)12-17/h2-12,21H,13H2,1H3. The second-order valence-corrected chi connectivity index (χ2v) is 7.76. The van der Waals surface area contributed by atoms with Crippen molar-refractivity contribution < 1.29 is 22.7 Å². The number of ketones is 1. The normalized spacial score (nSPS) is 11.1. The maximum absolute atomic E-state index is 12.2. The molecule has 7 heteroatoms. The molecule has 138 valence electrons. The molecule has 6 nitrogen and oxygen atoms in total. The van der Waals surface area contributed by atoms with Crippen LogP contribution in [0.5, 0.6) is 0 Å². The van der Waals surface area contributed by atoms with Crippen LogP contribution in [0.15, 0.2) is 66.7 Å². The van der Waals surface area contributed by atoms with E-state index in [1.54, 1.807) is 12.1 Å². The molecule has 0 amide bonds. The van der Waals surface area contributed by atoms with E-state index in [0.29, 0.717) is 16.8 Å². The van der Waals surface area contributed by atoms with Crippen LogP contribution < -0.4 is 4.72 Å². The van der Waals surface area contributed by atoms with E-state index in [1.165, 1.54) is 24.3 Å². The summed E-state index contributed by atoms with van der Waals surface area (Å²) in [6.45, 7) is -0.398. The molecule has 0 aromatic heterocycles. The molecule has 0 fully saturated rings. The molecule has 0 aliphatic heterocycles. The number of ether oxygens (including phenoxy) is 1. The second-order valence-electron chi connectivity index (χ2n) is 6.01. The van der Waals surface area contributed by atoms with Gasteiger partial charge in [0.2, 0.25) is 10.0 Å². The van der Waals surface area contributed by atoms with Gasteiger partial charge >= 0.3 is 5.97 Å². The summed E-state index contributed by atoms with van der Waals surface area (Å²) in [6.07, 6.45) is 1.04. The van der Waals surface area contributed by atoms with E-state index in [1.807, 2.05) is 30.3 Å². The van der Waals surface area contributed by atoms with Gasteiger partial charge in [0.15, 0.2) is 12.4 Å². The van der Waals surface area contributed by atoms with Crippen molar-refractivity contribution in [2.75, 3.05) is 17.6 Å². The number of sulfonamides is 1. The van der Waals surface area contributed by atoms with Crippen LogP contribution in [0.1, 0.15) is 20.7 Å². The summed E-state index contributed by atoms with van der Waals surface area (Å²) in [4.78, 5) is 24.4. The monoisotopic (exact) mass is 383 g/mol. The number of rotatable bonds is 6. The number of hydrogen-bond acceptors (Lipinski definition) is 5. The number of fused-ring (bicyclic) bond motifs is 1. The number of nitrogens with one attached hydrogen (secondary N) is 1. The number of benzene rings is 3. The highest BCUT2D eigenvalue weighted by Crippen LogP contribution is 2.16. The Bertz CT molecular complexity index is 1100. The summed E-state index contributed by atoms with van der Waals surface area (Å²) in [7, 11) is -3.38. The lowest BCUT2D eigenvalue weighted by Crippen LogP contribution is -2.14. The van der Waals surface area contributed by atoms with E-state index < -0.39 is 22.6 Å². The zero-order valence-electron chi connectivity index (χ0n) is 14.5. The number of Topliss-reactive ketones (excluding diaryl/α,β-unsaturated/α-hetero) is 1. The summed E-state index contributed by atoms with van der Waals surface area (Å²) in [5.74, 6) is -0.959. The number of anilines is 1. The summed E-state index contributed by atoms with van der Waals surface area (Å²) in [5.41, 5.74) is 1.04. The Morgan fingerprint density at radius 1 is 0.889 bits per heavy atom. The van der Waals surface area contributed by atoms with Crippen LogP contribution in [-0.2, 0) is 14.8 Å². The first-order valence-electron chi connectivity index (χ1n) is 8.09. The van der Waals surface area contributed by atoms with Crippen molar-refractivity contribution in [3.05, 3.63) is 77.9 Å². The molecule has 0 heterocycles. The fourth-order valence-corrected chi connectivity index (χ4v) is 3.12. The summed E-state index contributed by atoms with van der Waals surface area (Å²) in [5, 5.41) is 1.92. The van der Waals surface area contributed by atoms with Crippen LogP contribution in [0.4, 0.5) is 5.69 Å². The molecule has 3 aromatic rings. The zero-order valence-corrected chi connectivity index (χ0v) is 15.3. The Balaban J connectivity index is 1.63. The van der Waals surface area contributed by atoms with Crippen LogP contribution in [0.3, 0.4) is 0 Å². The molecular weight excluding hydrogens is 366 g/mol. The van der Waals surface area contributed by atoms with Crippen LogP contribution in [0.25, 0.3) is 10.8 Å². The van der Waals surface area contributed by atoms with E-state index in [9.17, 15) is 18.0 Å². The number of carbonyl (C=O) groups excluding carboxylic acids is 2. The van der Waals surface area contributed by atoms with Gasteiger partial charge in [-0.3, -0.25) is 9.52 Å². The minimum Gasteiger partial charge on any atom is -0.454 e. The third-order valence-corrected chi connectivity index (χ3v) is 4.44. The first kappa shape index (κ1) is 18.6. The molecule has 0 spiro atoms. The molecule has 27 heavy (non-hydrogen) atoms. The largest absolute Gasteiger partial charge is 0.454 e. The zero-order chi connectivity index (χ0) is 19.4. The van der Waals surface area contributed by atoms with Gasteiger partial charge in [-0.25, -0.2) is 13.2 Å². The fourth-order valence-electron chi connectivity index (χ4n) is 2.55. The molecule has 0 saturated heterocycles. The molecule has 0 aliphatic rings. The maximum Gasteiger partial charge on any atom is 0.338 e. The smallest absolute Gasteiger partial charge is 0.338 e. The van der Waals surface area contributed by atoms with E-state index in [2.05, 4.69) is 4.72 Å². The molecule has 1 N–H and O–H groups in total. The Hall–Kier alpha value is -3.19. The lowest BCUT2D eigenvalue weighted by molar-refractivity contribution is 0.0475. The van der Waals surface area contributed by atoms with Gasteiger partial charge in [-0.2, -0.15) is 0 Å². The summed E-state index contributed by atoms with van der Waals surface area (Å²) >= 11 is 0. The third kappa shape index (κ3) is 4.92. The Morgan fingerprint density at radius 2 is 1.52 bits per heavy atom. The molecule has 0 aliphatic carbocycles. The van der Waals surface area contributed by atoms with Crippen LogP contribution in [-0.4, -0.2) is 33.0 Å². The molecule has 3 rings (SSSR count). The van der Waals surface area contributed by atoms with Crippen molar-refractivity contribution in [1.82, 2.24) is 0 Å². The van der Waals surface area contributed by atoms with Gasteiger partial charge in [0.25, 0.3) is 0 Å².